The summed E-state index contributed by atoms with van der Waals surface area (Å²) in [6.07, 6.45) is 2.61. The summed E-state index contributed by atoms with van der Waals surface area (Å²) in [4.78, 5) is 14.3. The molecule has 1 aliphatic rings. The van der Waals surface area contributed by atoms with E-state index in [1.54, 1.807) is 50.5 Å². The first-order valence-electron chi connectivity index (χ1n) is 10.3. The molecule has 2 aromatic rings. The molecule has 0 saturated heterocycles. The maximum absolute atomic E-state index is 12.6. The van der Waals surface area contributed by atoms with Crippen molar-refractivity contribution in [2.24, 2.45) is 0 Å². The van der Waals surface area contributed by atoms with Crippen LogP contribution in [0.3, 0.4) is 0 Å². The average molecular weight is 495 g/mol. The molecule has 0 fully saturated rings. The lowest BCUT2D eigenvalue weighted by atomic mass is 9.97. The van der Waals surface area contributed by atoms with Crippen molar-refractivity contribution in [3.8, 4) is 17.2 Å². The predicted molar refractivity (Wildman–Crippen MR) is 127 cm³/mol. The SMILES string of the molecule is COc1cc(OC)c(C2=CCN(C(=O)CCNS(=O)(=O)c3ccccc3Cl)CC2)c(OC)c1. The fourth-order valence-electron chi connectivity index (χ4n) is 3.64. The van der Waals surface area contributed by atoms with E-state index in [4.69, 9.17) is 25.8 Å². The molecule has 8 nitrogen and oxygen atoms in total. The van der Waals surface area contributed by atoms with Crippen LogP contribution in [0.5, 0.6) is 17.2 Å². The van der Waals surface area contributed by atoms with Crippen LogP contribution >= 0.6 is 11.6 Å². The molecule has 0 aliphatic carbocycles. The van der Waals surface area contributed by atoms with Crippen molar-refractivity contribution in [1.29, 1.82) is 0 Å². The van der Waals surface area contributed by atoms with E-state index < -0.39 is 10.0 Å². The number of rotatable bonds is 9. The summed E-state index contributed by atoms with van der Waals surface area (Å²) >= 11 is 5.97. The Labute approximate surface area is 199 Å². The van der Waals surface area contributed by atoms with Crippen LogP contribution < -0.4 is 18.9 Å². The second-order valence-corrected chi connectivity index (χ2v) is 9.45. The topological polar surface area (TPSA) is 94.2 Å². The van der Waals surface area contributed by atoms with Gasteiger partial charge in [-0.15, -0.1) is 0 Å². The van der Waals surface area contributed by atoms with Gasteiger partial charge in [0.25, 0.3) is 0 Å². The van der Waals surface area contributed by atoms with Crippen molar-refractivity contribution in [2.75, 3.05) is 41.0 Å². The molecule has 1 aliphatic heterocycles. The molecule has 1 amide bonds. The van der Waals surface area contributed by atoms with Gasteiger partial charge in [-0.1, -0.05) is 29.8 Å². The molecule has 10 heteroatoms. The van der Waals surface area contributed by atoms with E-state index in [0.29, 0.717) is 36.8 Å². The molecular weight excluding hydrogens is 468 g/mol. The Bertz CT molecular complexity index is 1120. The van der Waals surface area contributed by atoms with Crippen LogP contribution in [0.2, 0.25) is 5.02 Å². The molecule has 1 N–H and O–H groups in total. The largest absolute Gasteiger partial charge is 0.496 e. The van der Waals surface area contributed by atoms with Crippen LogP contribution in [0, 0.1) is 0 Å². The smallest absolute Gasteiger partial charge is 0.242 e. The summed E-state index contributed by atoms with van der Waals surface area (Å²) in [5.74, 6) is 1.75. The number of carbonyl (C=O) groups is 1. The highest BCUT2D eigenvalue weighted by Crippen LogP contribution is 2.40. The number of benzene rings is 2. The second kappa shape index (κ2) is 10.9. The van der Waals surface area contributed by atoms with Gasteiger partial charge in [0.1, 0.15) is 22.1 Å². The Morgan fingerprint density at radius 2 is 1.76 bits per heavy atom. The Morgan fingerprint density at radius 1 is 1.09 bits per heavy atom. The minimum absolute atomic E-state index is 0.00736. The lowest BCUT2D eigenvalue weighted by molar-refractivity contribution is -0.130. The highest BCUT2D eigenvalue weighted by Gasteiger charge is 2.24. The fraction of sp³-hybridized carbons (Fsp3) is 0.348. The maximum atomic E-state index is 12.6. The summed E-state index contributed by atoms with van der Waals surface area (Å²) in [6, 6.07) is 9.76. The number of sulfonamides is 1. The number of hydrogen-bond donors (Lipinski definition) is 1. The molecule has 0 unspecified atom stereocenters. The summed E-state index contributed by atoms with van der Waals surface area (Å²) in [7, 11) is 0.957. The first kappa shape index (κ1) is 24.9. The van der Waals surface area contributed by atoms with E-state index in [1.807, 2.05) is 6.08 Å². The van der Waals surface area contributed by atoms with Gasteiger partial charge in [0.15, 0.2) is 0 Å². The van der Waals surface area contributed by atoms with E-state index in [9.17, 15) is 13.2 Å². The monoisotopic (exact) mass is 494 g/mol. The number of carbonyl (C=O) groups excluding carboxylic acids is 1. The van der Waals surface area contributed by atoms with Crippen LogP contribution in [-0.2, 0) is 14.8 Å². The third kappa shape index (κ3) is 5.79. The number of nitrogens with one attached hydrogen (secondary N) is 1. The normalized spacial score (nSPS) is 13.9. The Balaban J connectivity index is 1.63. The molecular formula is C23H27ClN2O6S. The van der Waals surface area contributed by atoms with Crippen molar-refractivity contribution < 1.29 is 27.4 Å². The number of amides is 1. The molecule has 0 atom stereocenters. The van der Waals surface area contributed by atoms with E-state index >= 15 is 0 Å². The standard InChI is InChI=1S/C23H27ClN2O6S/c1-30-17-14-19(31-2)23(20(15-17)32-3)16-9-12-26(13-10-16)22(27)8-11-25-33(28,29)21-7-5-4-6-18(21)24/h4-7,9,14-15,25H,8,10-13H2,1-3H3. The van der Waals surface area contributed by atoms with Crippen LogP contribution in [-0.4, -0.2) is 60.2 Å². The van der Waals surface area contributed by atoms with Crippen LogP contribution in [0.4, 0.5) is 0 Å². The highest BCUT2D eigenvalue weighted by atomic mass is 35.5. The molecule has 0 bridgehead atoms. The minimum Gasteiger partial charge on any atom is -0.496 e. The average Bonchev–Trinajstić information content (AvgIpc) is 2.83. The molecule has 33 heavy (non-hydrogen) atoms. The van der Waals surface area contributed by atoms with E-state index in [1.165, 1.54) is 12.1 Å². The number of halogens is 1. The third-order valence-electron chi connectivity index (χ3n) is 5.36. The van der Waals surface area contributed by atoms with Gasteiger partial charge in [-0.2, -0.15) is 0 Å². The van der Waals surface area contributed by atoms with E-state index in [0.717, 1.165) is 11.1 Å². The first-order valence-corrected chi connectivity index (χ1v) is 12.2. The lowest BCUT2D eigenvalue weighted by Crippen LogP contribution is -2.37. The van der Waals surface area contributed by atoms with E-state index in [-0.39, 0.29) is 28.8 Å². The van der Waals surface area contributed by atoms with Crippen molar-refractivity contribution in [1.82, 2.24) is 9.62 Å². The van der Waals surface area contributed by atoms with Gasteiger partial charge in [-0.25, -0.2) is 13.1 Å². The van der Waals surface area contributed by atoms with Crippen molar-refractivity contribution in [3.05, 3.63) is 53.1 Å². The zero-order chi connectivity index (χ0) is 24.0. The third-order valence-corrected chi connectivity index (χ3v) is 7.32. The summed E-state index contributed by atoms with van der Waals surface area (Å²) in [5.41, 5.74) is 1.84. The predicted octanol–water partition coefficient (Wildman–Crippen LogP) is 3.35. The quantitative estimate of drug-likeness (QED) is 0.574. The molecule has 1 heterocycles. The Kier molecular flexibility index (Phi) is 8.23. The molecule has 0 aromatic heterocycles. The molecule has 2 aromatic carbocycles. The highest BCUT2D eigenvalue weighted by molar-refractivity contribution is 7.89. The molecule has 0 radical (unpaired) electrons. The van der Waals surface area contributed by atoms with Crippen LogP contribution in [0.25, 0.3) is 5.57 Å². The van der Waals surface area contributed by atoms with Gasteiger partial charge in [0.2, 0.25) is 15.9 Å². The van der Waals surface area contributed by atoms with Crippen molar-refractivity contribution in [3.63, 3.8) is 0 Å². The summed E-state index contributed by atoms with van der Waals surface area (Å²) < 4.78 is 43.6. The van der Waals surface area contributed by atoms with Gasteiger partial charge < -0.3 is 19.1 Å². The zero-order valence-electron chi connectivity index (χ0n) is 18.8. The van der Waals surface area contributed by atoms with Gasteiger partial charge in [-0.3, -0.25) is 4.79 Å². The van der Waals surface area contributed by atoms with Gasteiger partial charge in [0.05, 0.1) is 31.9 Å². The zero-order valence-corrected chi connectivity index (χ0v) is 20.3. The number of hydrogen-bond acceptors (Lipinski definition) is 6. The van der Waals surface area contributed by atoms with E-state index in [2.05, 4.69) is 4.72 Å². The minimum atomic E-state index is -3.79. The van der Waals surface area contributed by atoms with Gasteiger partial charge in [-0.05, 0) is 24.1 Å². The van der Waals surface area contributed by atoms with Gasteiger partial charge >= 0.3 is 0 Å². The summed E-state index contributed by atoms with van der Waals surface area (Å²) in [6.45, 7) is 0.892. The van der Waals surface area contributed by atoms with Crippen molar-refractivity contribution >= 4 is 33.1 Å². The molecule has 178 valence electrons. The fourth-order valence-corrected chi connectivity index (χ4v) is 5.18. The number of methoxy groups -OCH3 is 3. The number of ether oxygens (including phenoxy) is 3. The number of nitrogens with zero attached hydrogens (tertiary/aromatic N) is 1. The Hall–Kier alpha value is -2.75. The first-order chi connectivity index (χ1) is 15.8. The Morgan fingerprint density at radius 3 is 2.30 bits per heavy atom. The summed E-state index contributed by atoms with van der Waals surface area (Å²) in [5, 5.41) is 0.134. The molecule has 0 saturated carbocycles. The lowest BCUT2D eigenvalue weighted by Gasteiger charge is -2.28. The van der Waals surface area contributed by atoms with Crippen molar-refractivity contribution in [2.45, 2.75) is 17.7 Å². The maximum Gasteiger partial charge on any atom is 0.242 e. The van der Waals surface area contributed by atoms with Crippen LogP contribution in [0.15, 0.2) is 47.4 Å². The molecule has 0 spiro atoms. The second-order valence-electron chi connectivity index (χ2n) is 7.30. The molecule has 3 rings (SSSR count). The van der Waals surface area contributed by atoms with Crippen LogP contribution in [0.1, 0.15) is 18.4 Å². The van der Waals surface area contributed by atoms with Gasteiger partial charge in [0, 0.05) is 38.2 Å².